The second-order valence-electron chi connectivity index (χ2n) is 9.38. The van der Waals surface area contributed by atoms with Crippen LogP contribution in [-0.2, 0) is 16.2 Å². The van der Waals surface area contributed by atoms with Crippen LogP contribution in [0.1, 0.15) is 43.2 Å². The zero-order valence-electron chi connectivity index (χ0n) is 21.6. The molecule has 2 aromatic rings. The van der Waals surface area contributed by atoms with Crippen molar-refractivity contribution in [2.75, 3.05) is 19.4 Å². The van der Waals surface area contributed by atoms with Gasteiger partial charge in [0.1, 0.15) is 17.8 Å². The lowest BCUT2D eigenvalue weighted by Gasteiger charge is -2.41. The summed E-state index contributed by atoms with van der Waals surface area (Å²) in [6, 6.07) is 5.91. The zero-order chi connectivity index (χ0) is 29.0. The molecule has 1 aliphatic carbocycles. The Morgan fingerprint density at radius 2 is 1.79 bits per heavy atom. The van der Waals surface area contributed by atoms with Gasteiger partial charge in [0.2, 0.25) is 0 Å². The molecule has 0 heterocycles. The molecule has 0 amide bonds. The van der Waals surface area contributed by atoms with E-state index in [0.717, 1.165) is 18.5 Å². The van der Waals surface area contributed by atoms with Gasteiger partial charge >= 0.3 is 6.18 Å². The second-order valence-corrected chi connectivity index (χ2v) is 11.1. The molecule has 0 saturated heterocycles. The minimum Gasteiger partial charge on any atom is -0.376 e. The average molecular weight is 572 g/mol. The van der Waals surface area contributed by atoms with E-state index in [1.54, 1.807) is 20.2 Å². The molecule has 3 atom stereocenters. The van der Waals surface area contributed by atoms with E-state index in [4.69, 9.17) is 0 Å². The minimum atomic E-state index is -4.45. The standard InChI is InChI=1S/C26H30F5N5O2S/c1-5-24(33-15-32-2)35-39(37,38)19-13-20(27)25(21(28)14-19)34-22-10-9-17(12-23(22)36(3)4)16-7-6-8-18(11-16)26(29,30)31/h5-8,11,13-15,17,22-23,34-35H,2,9-10,12H2,1,3-4H3/b24-5+,33-15-/t17-,22-,23-/m0/s1. The number of hydrogen-bond acceptors (Lipinski definition) is 5. The van der Waals surface area contributed by atoms with Crippen molar-refractivity contribution in [1.82, 2.24) is 9.62 Å². The van der Waals surface area contributed by atoms with Crippen LogP contribution in [0.2, 0.25) is 0 Å². The molecule has 0 spiro atoms. The van der Waals surface area contributed by atoms with Crippen LogP contribution in [0.3, 0.4) is 0 Å². The molecule has 0 radical (unpaired) electrons. The van der Waals surface area contributed by atoms with Crippen LogP contribution in [0.25, 0.3) is 0 Å². The summed E-state index contributed by atoms with van der Waals surface area (Å²) < 4.78 is 97.2. The molecule has 13 heteroatoms. The molecular weight excluding hydrogens is 541 g/mol. The van der Waals surface area contributed by atoms with Gasteiger partial charge in [-0.1, -0.05) is 18.2 Å². The third-order valence-electron chi connectivity index (χ3n) is 6.61. The van der Waals surface area contributed by atoms with E-state index in [-0.39, 0.29) is 17.8 Å². The fourth-order valence-electron chi connectivity index (χ4n) is 4.65. The van der Waals surface area contributed by atoms with E-state index in [9.17, 15) is 21.6 Å². The average Bonchev–Trinajstić information content (AvgIpc) is 2.88. The number of halogens is 5. The van der Waals surface area contributed by atoms with E-state index < -0.39 is 50.0 Å². The molecule has 39 heavy (non-hydrogen) atoms. The Balaban J connectivity index is 1.81. The van der Waals surface area contributed by atoms with Crippen LogP contribution in [0.4, 0.5) is 27.6 Å². The number of alkyl halides is 3. The maximum Gasteiger partial charge on any atom is 0.416 e. The van der Waals surface area contributed by atoms with Gasteiger partial charge in [-0.25, -0.2) is 22.2 Å². The normalized spacial score (nSPS) is 20.8. The summed E-state index contributed by atoms with van der Waals surface area (Å²) in [5.41, 5.74) is -0.646. The number of likely N-dealkylation sites (N-methyl/N-ethyl adjacent to an activating group) is 1. The molecule has 1 fully saturated rings. The predicted molar refractivity (Wildman–Crippen MR) is 141 cm³/mol. The van der Waals surface area contributed by atoms with Gasteiger partial charge in [0.05, 0.1) is 10.5 Å². The van der Waals surface area contributed by atoms with Crippen molar-refractivity contribution in [3.05, 3.63) is 71.1 Å². The Labute approximate surface area is 224 Å². The summed E-state index contributed by atoms with van der Waals surface area (Å²) >= 11 is 0. The van der Waals surface area contributed by atoms with E-state index in [2.05, 4.69) is 26.7 Å². The number of anilines is 1. The molecule has 0 aromatic heterocycles. The first-order valence-corrected chi connectivity index (χ1v) is 13.5. The van der Waals surface area contributed by atoms with E-state index in [0.29, 0.717) is 37.0 Å². The summed E-state index contributed by atoms with van der Waals surface area (Å²) in [5, 5.41) is 2.87. The van der Waals surface area contributed by atoms with E-state index in [1.165, 1.54) is 19.1 Å². The van der Waals surface area contributed by atoms with Gasteiger partial charge in [-0.15, -0.1) is 0 Å². The van der Waals surface area contributed by atoms with Gasteiger partial charge in [0.15, 0.2) is 11.6 Å². The molecule has 1 aliphatic rings. The van der Waals surface area contributed by atoms with Crippen molar-refractivity contribution in [3.63, 3.8) is 0 Å². The Bertz CT molecular complexity index is 1340. The number of aliphatic imine (C=N–C) groups is 2. The maximum atomic E-state index is 15.1. The summed E-state index contributed by atoms with van der Waals surface area (Å²) in [7, 11) is -0.798. The predicted octanol–water partition coefficient (Wildman–Crippen LogP) is 5.53. The smallest absolute Gasteiger partial charge is 0.376 e. The molecule has 3 rings (SSSR count). The largest absolute Gasteiger partial charge is 0.416 e. The summed E-state index contributed by atoms with van der Waals surface area (Å²) in [6.45, 7) is 4.71. The summed E-state index contributed by atoms with van der Waals surface area (Å²) in [4.78, 5) is 8.34. The lowest BCUT2D eigenvalue weighted by atomic mass is 9.78. The van der Waals surface area contributed by atoms with Crippen LogP contribution in [-0.4, -0.2) is 52.6 Å². The number of benzene rings is 2. The Hall–Kier alpha value is -3.32. The Morgan fingerprint density at radius 3 is 2.36 bits per heavy atom. The van der Waals surface area contributed by atoms with Gasteiger partial charge in [-0.3, -0.25) is 9.71 Å². The molecular formula is C26H30F5N5O2S. The third kappa shape index (κ3) is 7.41. The van der Waals surface area contributed by atoms with Crippen LogP contribution >= 0.6 is 0 Å². The summed E-state index contributed by atoms with van der Waals surface area (Å²) in [5.74, 6) is -2.50. The van der Waals surface area contributed by atoms with Crippen molar-refractivity contribution in [3.8, 4) is 0 Å². The number of allylic oxidation sites excluding steroid dienone is 1. The van der Waals surface area contributed by atoms with E-state index >= 15 is 8.78 Å². The SMILES string of the molecule is C=N/C=N\C(=C/C)NS(=O)(=O)c1cc(F)c(N[C@H]2CC[C@H](c3cccc(C(F)(F)F)c3)C[C@@H]2N(C)C)c(F)c1. The maximum absolute atomic E-state index is 15.1. The fraction of sp³-hybridized carbons (Fsp3) is 0.385. The van der Waals surface area contributed by atoms with E-state index in [1.807, 2.05) is 4.90 Å². The van der Waals surface area contributed by atoms with Gasteiger partial charge in [-0.05, 0) is 82.8 Å². The molecule has 0 bridgehead atoms. The zero-order valence-corrected chi connectivity index (χ0v) is 22.5. The first-order valence-electron chi connectivity index (χ1n) is 12.0. The van der Waals surface area contributed by atoms with Gasteiger partial charge < -0.3 is 10.2 Å². The fourth-order valence-corrected chi connectivity index (χ4v) is 5.73. The Morgan fingerprint density at radius 1 is 1.13 bits per heavy atom. The van der Waals surface area contributed by atoms with Crippen molar-refractivity contribution in [2.24, 2.45) is 9.98 Å². The van der Waals surface area contributed by atoms with Gasteiger partial charge in [-0.2, -0.15) is 13.2 Å². The highest BCUT2D eigenvalue weighted by atomic mass is 32.2. The highest BCUT2D eigenvalue weighted by Gasteiger charge is 2.36. The molecule has 0 unspecified atom stereocenters. The number of nitrogens with zero attached hydrogens (tertiary/aromatic N) is 3. The third-order valence-corrected chi connectivity index (χ3v) is 7.95. The topological polar surface area (TPSA) is 86.2 Å². The molecule has 7 nitrogen and oxygen atoms in total. The van der Waals surface area contributed by atoms with Crippen LogP contribution < -0.4 is 10.0 Å². The lowest BCUT2D eigenvalue weighted by Crippen LogP contribution is -2.47. The first kappa shape index (κ1) is 30.2. The summed E-state index contributed by atoms with van der Waals surface area (Å²) in [6.07, 6.45) is -0.741. The van der Waals surface area contributed by atoms with Crippen LogP contribution in [0.15, 0.2) is 63.2 Å². The van der Waals surface area contributed by atoms with Crippen molar-refractivity contribution >= 4 is 28.8 Å². The van der Waals surface area contributed by atoms with Gasteiger partial charge in [0, 0.05) is 12.1 Å². The number of rotatable bonds is 9. The molecule has 2 aromatic carbocycles. The highest BCUT2D eigenvalue weighted by molar-refractivity contribution is 7.89. The quantitative estimate of drug-likeness (QED) is 0.236. The van der Waals surface area contributed by atoms with Crippen LogP contribution in [0, 0.1) is 11.6 Å². The minimum absolute atomic E-state index is 0.114. The van der Waals surface area contributed by atoms with Crippen LogP contribution in [0.5, 0.6) is 0 Å². The molecule has 212 valence electrons. The number of hydrogen-bond donors (Lipinski definition) is 2. The molecule has 1 saturated carbocycles. The highest BCUT2D eigenvalue weighted by Crippen LogP contribution is 2.39. The van der Waals surface area contributed by atoms with Crippen molar-refractivity contribution < 1.29 is 30.4 Å². The van der Waals surface area contributed by atoms with Crippen molar-refractivity contribution in [2.45, 2.75) is 55.3 Å². The second kappa shape index (κ2) is 12.2. The number of nitrogens with one attached hydrogen (secondary N) is 2. The molecule has 0 aliphatic heterocycles. The Kier molecular flexibility index (Phi) is 9.49. The lowest BCUT2D eigenvalue weighted by molar-refractivity contribution is -0.137. The number of sulfonamides is 1. The molecule has 2 N–H and O–H groups in total. The van der Waals surface area contributed by atoms with Gasteiger partial charge in [0.25, 0.3) is 10.0 Å². The van der Waals surface area contributed by atoms with Crippen molar-refractivity contribution in [1.29, 1.82) is 0 Å². The monoisotopic (exact) mass is 571 g/mol. The first-order chi connectivity index (χ1) is 18.3.